The lowest BCUT2D eigenvalue weighted by atomic mass is 10.5. The van der Waals surface area contributed by atoms with Gasteiger partial charge in [-0.2, -0.15) is 5.26 Å². The molecule has 0 fully saturated rings. The molecule has 0 aliphatic carbocycles. The van der Waals surface area contributed by atoms with Crippen molar-refractivity contribution in [1.82, 2.24) is 9.97 Å². The summed E-state index contributed by atoms with van der Waals surface area (Å²) < 4.78 is 0.813. The van der Waals surface area contributed by atoms with Crippen molar-refractivity contribution in [2.24, 2.45) is 0 Å². The van der Waals surface area contributed by atoms with E-state index in [1.807, 2.05) is 35.6 Å². The summed E-state index contributed by atoms with van der Waals surface area (Å²) in [7, 11) is 0. The minimum Gasteiger partial charge on any atom is -0.337 e. The topological polar surface area (TPSA) is 52.5 Å². The SMILES string of the molecule is Cc1nc(C#N)c(I)[nH]1. The van der Waals surface area contributed by atoms with Crippen molar-refractivity contribution in [2.45, 2.75) is 6.92 Å². The Morgan fingerprint density at radius 3 is 2.67 bits per heavy atom. The molecule has 1 aromatic rings. The lowest BCUT2D eigenvalue weighted by Gasteiger charge is -1.74. The highest BCUT2D eigenvalue weighted by Gasteiger charge is 2.01. The predicted molar refractivity (Wildman–Crippen MR) is 40.8 cm³/mol. The number of nitrogens with one attached hydrogen (secondary N) is 1. The first-order valence-electron chi connectivity index (χ1n) is 2.36. The van der Waals surface area contributed by atoms with Crippen molar-refractivity contribution >= 4 is 22.6 Å². The van der Waals surface area contributed by atoms with E-state index in [9.17, 15) is 0 Å². The Hall–Kier alpha value is -0.570. The van der Waals surface area contributed by atoms with Crippen molar-refractivity contribution in [3.8, 4) is 6.07 Å². The van der Waals surface area contributed by atoms with Crippen LogP contribution in [-0.2, 0) is 0 Å². The summed E-state index contributed by atoms with van der Waals surface area (Å²) in [5.41, 5.74) is 0.480. The number of hydrogen-bond donors (Lipinski definition) is 1. The van der Waals surface area contributed by atoms with Crippen LogP contribution in [0.25, 0.3) is 0 Å². The fraction of sp³-hybridized carbons (Fsp3) is 0.200. The molecule has 1 N–H and O–H groups in total. The van der Waals surface area contributed by atoms with Crippen LogP contribution in [0.15, 0.2) is 0 Å². The van der Waals surface area contributed by atoms with E-state index in [1.54, 1.807) is 0 Å². The third-order valence-electron chi connectivity index (χ3n) is 0.884. The molecule has 1 aromatic heterocycles. The Balaban J connectivity index is 3.20. The average molecular weight is 233 g/mol. The molecule has 0 unspecified atom stereocenters. The first kappa shape index (κ1) is 6.55. The molecule has 0 spiro atoms. The van der Waals surface area contributed by atoms with Crippen molar-refractivity contribution in [2.75, 3.05) is 0 Å². The van der Waals surface area contributed by atoms with Crippen LogP contribution in [0.4, 0.5) is 0 Å². The van der Waals surface area contributed by atoms with E-state index in [1.165, 1.54) is 0 Å². The second-order valence-electron chi connectivity index (χ2n) is 1.60. The Morgan fingerprint density at radius 1 is 1.78 bits per heavy atom. The molecule has 0 saturated carbocycles. The third-order valence-corrected chi connectivity index (χ3v) is 1.66. The zero-order chi connectivity index (χ0) is 6.85. The zero-order valence-corrected chi connectivity index (χ0v) is 6.93. The predicted octanol–water partition coefficient (Wildman–Crippen LogP) is 1.19. The lowest BCUT2D eigenvalue weighted by molar-refractivity contribution is 1.14. The largest absolute Gasteiger partial charge is 0.337 e. The molecule has 0 aromatic carbocycles. The Kier molecular flexibility index (Phi) is 1.71. The molecule has 1 heterocycles. The molecule has 0 amide bonds. The van der Waals surface area contributed by atoms with Gasteiger partial charge in [-0.25, -0.2) is 4.98 Å². The zero-order valence-electron chi connectivity index (χ0n) is 4.77. The van der Waals surface area contributed by atoms with Gasteiger partial charge in [-0.05, 0) is 29.5 Å². The molecule has 46 valence electrons. The second-order valence-corrected chi connectivity index (χ2v) is 2.68. The molecule has 1 rings (SSSR count). The van der Waals surface area contributed by atoms with Crippen LogP contribution in [0.5, 0.6) is 0 Å². The van der Waals surface area contributed by atoms with Gasteiger partial charge in [0.1, 0.15) is 15.6 Å². The van der Waals surface area contributed by atoms with Crippen LogP contribution in [0.1, 0.15) is 11.5 Å². The number of aromatic amines is 1. The van der Waals surface area contributed by atoms with Crippen molar-refractivity contribution in [3.63, 3.8) is 0 Å². The van der Waals surface area contributed by atoms with Gasteiger partial charge in [0, 0.05) is 0 Å². The van der Waals surface area contributed by atoms with E-state index in [0.717, 1.165) is 9.53 Å². The van der Waals surface area contributed by atoms with Crippen LogP contribution in [-0.4, -0.2) is 9.97 Å². The smallest absolute Gasteiger partial charge is 0.172 e. The van der Waals surface area contributed by atoms with E-state index >= 15 is 0 Å². The molecule has 0 saturated heterocycles. The highest BCUT2D eigenvalue weighted by Crippen LogP contribution is 2.06. The average Bonchev–Trinajstić information content (AvgIpc) is 2.10. The monoisotopic (exact) mass is 233 g/mol. The maximum absolute atomic E-state index is 8.39. The number of aryl methyl sites for hydroxylation is 1. The number of halogens is 1. The van der Waals surface area contributed by atoms with Gasteiger partial charge >= 0.3 is 0 Å². The Morgan fingerprint density at radius 2 is 2.44 bits per heavy atom. The molecule has 0 atom stereocenters. The molecule has 4 heteroatoms. The van der Waals surface area contributed by atoms with Crippen molar-refractivity contribution in [1.29, 1.82) is 5.26 Å². The summed E-state index contributed by atoms with van der Waals surface area (Å²) in [4.78, 5) is 6.82. The van der Waals surface area contributed by atoms with Gasteiger partial charge in [-0.3, -0.25) is 0 Å². The van der Waals surface area contributed by atoms with E-state index in [2.05, 4.69) is 9.97 Å². The lowest BCUT2D eigenvalue weighted by Crippen LogP contribution is -1.74. The fourth-order valence-electron chi connectivity index (χ4n) is 0.537. The fourth-order valence-corrected chi connectivity index (χ4v) is 1.17. The maximum atomic E-state index is 8.39. The van der Waals surface area contributed by atoms with Gasteiger partial charge in [0.15, 0.2) is 5.69 Å². The molecule has 0 aliphatic heterocycles. The highest BCUT2D eigenvalue weighted by molar-refractivity contribution is 14.1. The molecule has 0 aliphatic rings. The first-order chi connectivity index (χ1) is 4.24. The van der Waals surface area contributed by atoms with Crippen LogP contribution >= 0.6 is 22.6 Å². The second kappa shape index (κ2) is 2.35. The third kappa shape index (κ3) is 1.21. The van der Waals surface area contributed by atoms with Crippen LogP contribution in [0.2, 0.25) is 0 Å². The summed E-state index contributed by atoms with van der Waals surface area (Å²) >= 11 is 2.04. The molecule has 0 radical (unpaired) electrons. The van der Waals surface area contributed by atoms with E-state index in [-0.39, 0.29) is 0 Å². The summed E-state index contributed by atoms with van der Waals surface area (Å²) in [5.74, 6) is 0.788. The van der Waals surface area contributed by atoms with E-state index in [0.29, 0.717) is 5.69 Å². The van der Waals surface area contributed by atoms with Crippen molar-refractivity contribution < 1.29 is 0 Å². The number of nitrogens with zero attached hydrogens (tertiary/aromatic N) is 2. The number of aromatic nitrogens is 2. The quantitative estimate of drug-likeness (QED) is 0.684. The number of hydrogen-bond acceptors (Lipinski definition) is 2. The number of nitriles is 1. The van der Waals surface area contributed by atoms with E-state index in [4.69, 9.17) is 5.26 Å². The number of H-pyrrole nitrogens is 1. The summed E-state index contributed by atoms with van der Waals surface area (Å²) in [6.45, 7) is 1.82. The van der Waals surface area contributed by atoms with Gasteiger partial charge in [-0.1, -0.05) is 0 Å². The van der Waals surface area contributed by atoms with E-state index < -0.39 is 0 Å². The molecular weight excluding hydrogens is 229 g/mol. The van der Waals surface area contributed by atoms with Gasteiger partial charge in [-0.15, -0.1) is 0 Å². The number of rotatable bonds is 0. The highest BCUT2D eigenvalue weighted by atomic mass is 127. The van der Waals surface area contributed by atoms with Gasteiger partial charge < -0.3 is 4.98 Å². The molecule has 3 nitrogen and oxygen atoms in total. The van der Waals surface area contributed by atoms with Crippen molar-refractivity contribution in [3.05, 3.63) is 15.2 Å². The summed E-state index contributed by atoms with van der Waals surface area (Å²) in [6.07, 6.45) is 0. The van der Waals surface area contributed by atoms with Gasteiger partial charge in [0.05, 0.1) is 0 Å². The molecule has 0 bridgehead atoms. The molecule has 9 heavy (non-hydrogen) atoms. The minimum absolute atomic E-state index is 0.480. The standard InChI is InChI=1S/C5H4IN3/c1-3-8-4(2-7)5(6)9-3/h1H3,(H,8,9). The summed E-state index contributed by atoms with van der Waals surface area (Å²) in [5, 5.41) is 8.39. The van der Waals surface area contributed by atoms with Crippen LogP contribution < -0.4 is 0 Å². The maximum Gasteiger partial charge on any atom is 0.172 e. The Labute approximate surface area is 66.2 Å². The Bertz CT molecular complexity index is 258. The van der Waals surface area contributed by atoms with Gasteiger partial charge in [0.25, 0.3) is 0 Å². The first-order valence-corrected chi connectivity index (χ1v) is 3.44. The van der Waals surface area contributed by atoms with Gasteiger partial charge in [0.2, 0.25) is 0 Å². The number of imidazole rings is 1. The summed E-state index contributed by atoms with van der Waals surface area (Å²) in [6, 6.07) is 1.97. The molecular formula is C5H4IN3. The van der Waals surface area contributed by atoms with Crippen LogP contribution in [0, 0.1) is 22.0 Å². The normalized spacial score (nSPS) is 9.00. The minimum atomic E-state index is 0.480. The van der Waals surface area contributed by atoms with Crippen LogP contribution in [0.3, 0.4) is 0 Å².